The van der Waals surface area contributed by atoms with Gasteiger partial charge in [-0.3, -0.25) is 4.79 Å². The van der Waals surface area contributed by atoms with Crippen molar-refractivity contribution in [1.29, 1.82) is 0 Å². The predicted octanol–water partition coefficient (Wildman–Crippen LogP) is 2.82. The van der Waals surface area contributed by atoms with Gasteiger partial charge in [0, 0.05) is 16.9 Å². The lowest BCUT2D eigenvalue weighted by molar-refractivity contribution is -0.118. The van der Waals surface area contributed by atoms with Gasteiger partial charge in [0.1, 0.15) is 0 Å². The summed E-state index contributed by atoms with van der Waals surface area (Å²) in [6.07, 6.45) is 1.84. The number of aliphatic imine (C=N–C) groups is 1. The summed E-state index contributed by atoms with van der Waals surface area (Å²) in [6.45, 7) is 4.24. The number of rotatable bonds is 3. The predicted molar refractivity (Wildman–Crippen MR) is 102 cm³/mol. The molecule has 2 aliphatic heterocycles. The molecule has 134 valence electrons. The Labute approximate surface area is 152 Å². The number of para-hydroxylation sites is 1. The summed E-state index contributed by atoms with van der Waals surface area (Å²) in [5.41, 5.74) is 2.14. The van der Waals surface area contributed by atoms with Crippen LogP contribution in [0.2, 0.25) is 0 Å². The fourth-order valence-electron chi connectivity index (χ4n) is 3.56. The molecule has 0 N–H and O–H groups in total. The lowest BCUT2D eigenvalue weighted by Crippen LogP contribution is -2.38. The van der Waals surface area contributed by atoms with Crippen molar-refractivity contribution < 1.29 is 13.2 Å². The normalized spacial score (nSPS) is 29.4. The Balaban J connectivity index is 1.78. The smallest absolute Gasteiger partial charge is 0.251 e. The van der Waals surface area contributed by atoms with Crippen LogP contribution in [-0.2, 0) is 14.6 Å². The van der Waals surface area contributed by atoms with Crippen LogP contribution in [0, 0.1) is 5.92 Å². The van der Waals surface area contributed by atoms with Gasteiger partial charge < -0.3 is 4.90 Å². The van der Waals surface area contributed by atoms with E-state index in [4.69, 9.17) is 0 Å². The second-order valence-electron chi connectivity index (χ2n) is 7.39. The maximum absolute atomic E-state index is 12.3. The number of hydrogen-bond donors (Lipinski definition) is 0. The van der Waals surface area contributed by atoms with E-state index in [0.29, 0.717) is 11.1 Å². The van der Waals surface area contributed by atoms with Gasteiger partial charge in [-0.1, -0.05) is 43.8 Å². The molecule has 2 saturated heterocycles. The van der Waals surface area contributed by atoms with Gasteiger partial charge in [0.25, 0.3) is 5.91 Å². The second-order valence-corrected chi connectivity index (χ2v) is 10.8. The summed E-state index contributed by atoms with van der Waals surface area (Å²) in [7, 11) is -3.04. The fraction of sp³-hybridized carbons (Fsp3) is 0.556. The van der Waals surface area contributed by atoms with Gasteiger partial charge in [-0.05, 0) is 30.4 Å². The molecule has 1 amide bonds. The van der Waals surface area contributed by atoms with E-state index in [9.17, 15) is 13.2 Å². The molecule has 1 aromatic carbocycles. The number of benzene rings is 1. The van der Waals surface area contributed by atoms with Crippen LogP contribution in [-0.4, -0.2) is 42.3 Å². The van der Waals surface area contributed by atoms with Crippen molar-refractivity contribution in [1.82, 2.24) is 0 Å². The molecule has 2 heterocycles. The molecular weight excluding hydrogens is 356 g/mol. The van der Waals surface area contributed by atoms with Crippen LogP contribution >= 0.6 is 11.8 Å². The van der Waals surface area contributed by atoms with Crippen LogP contribution in [0.4, 0.5) is 5.69 Å². The highest BCUT2D eigenvalue weighted by molar-refractivity contribution is 8.16. The first-order valence-corrected chi connectivity index (χ1v) is 11.4. The molecule has 0 radical (unpaired) electrons. The Hall–Kier alpha value is -1.34. The van der Waals surface area contributed by atoms with Crippen molar-refractivity contribution in [3.63, 3.8) is 0 Å². The molecule has 5 nitrogen and oxygen atoms in total. The zero-order valence-corrected chi connectivity index (χ0v) is 16.0. The minimum absolute atomic E-state index is 0.0454. The van der Waals surface area contributed by atoms with Gasteiger partial charge in [-0.15, -0.1) is 0 Å². The van der Waals surface area contributed by atoms with Gasteiger partial charge >= 0.3 is 0 Å². The fourth-order valence-corrected chi connectivity index (χ4v) is 7.47. The Morgan fingerprint density at radius 1 is 1.24 bits per heavy atom. The number of hydrogen-bond acceptors (Lipinski definition) is 4. The Bertz CT molecular complexity index is 844. The molecule has 1 aromatic rings. The van der Waals surface area contributed by atoms with E-state index in [1.807, 2.05) is 23.1 Å². The number of carbonyl (C=O) groups excluding carboxylic acids is 1. The monoisotopic (exact) mass is 378 g/mol. The first-order valence-electron chi connectivity index (χ1n) is 8.73. The maximum atomic E-state index is 12.3. The first-order chi connectivity index (χ1) is 11.9. The number of sulfone groups is 1. The van der Waals surface area contributed by atoms with E-state index in [-0.39, 0.29) is 34.6 Å². The SMILES string of the molecule is CC(C)c1ccccc1N1C(=NC(=O)C2CC2)S[C@@H]2CS(=O)(=O)C[C@@H]21. The molecule has 0 bridgehead atoms. The number of fused-ring (bicyclic) bond motifs is 1. The number of amides is 1. The molecule has 0 aromatic heterocycles. The van der Waals surface area contributed by atoms with Crippen LogP contribution in [0.1, 0.15) is 38.2 Å². The van der Waals surface area contributed by atoms with Crippen molar-refractivity contribution in [3.8, 4) is 0 Å². The van der Waals surface area contributed by atoms with Crippen molar-refractivity contribution in [2.45, 2.75) is 43.9 Å². The number of nitrogens with zero attached hydrogens (tertiary/aromatic N) is 2. The van der Waals surface area contributed by atoms with Gasteiger partial charge in [-0.2, -0.15) is 4.99 Å². The van der Waals surface area contributed by atoms with E-state index in [1.165, 1.54) is 11.8 Å². The molecule has 7 heteroatoms. The lowest BCUT2D eigenvalue weighted by Gasteiger charge is -2.28. The average Bonchev–Trinajstić information content (AvgIpc) is 3.28. The van der Waals surface area contributed by atoms with Crippen LogP contribution in [0.3, 0.4) is 0 Å². The summed E-state index contributed by atoms with van der Waals surface area (Å²) < 4.78 is 24.3. The van der Waals surface area contributed by atoms with Crippen LogP contribution in [0.5, 0.6) is 0 Å². The third kappa shape index (κ3) is 3.24. The lowest BCUT2D eigenvalue weighted by atomic mass is 9.99. The molecule has 4 rings (SSSR count). The first kappa shape index (κ1) is 17.1. The molecular formula is C18H22N2O3S2. The summed E-state index contributed by atoms with van der Waals surface area (Å²) in [5.74, 6) is 0.614. The standard InChI is InChI=1S/C18H22N2O3S2/c1-11(2)13-5-3-4-6-14(13)20-15-9-25(22,23)10-16(15)24-18(20)19-17(21)12-7-8-12/h3-6,11-12,15-16H,7-10H2,1-2H3/t15-,16+/m0/s1. The number of thioether (sulfide) groups is 1. The van der Waals surface area contributed by atoms with Gasteiger partial charge in [-0.25, -0.2) is 8.42 Å². The molecule has 1 aliphatic carbocycles. The molecule has 25 heavy (non-hydrogen) atoms. The van der Waals surface area contributed by atoms with Crippen molar-refractivity contribution >= 4 is 38.4 Å². The summed E-state index contributed by atoms with van der Waals surface area (Å²) in [4.78, 5) is 18.7. The zero-order chi connectivity index (χ0) is 17.8. The highest BCUT2D eigenvalue weighted by Gasteiger charge is 2.50. The van der Waals surface area contributed by atoms with E-state index in [0.717, 1.165) is 24.1 Å². The molecule has 0 unspecified atom stereocenters. The number of anilines is 1. The van der Waals surface area contributed by atoms with Crippen molar-refractivity contribution in [2.75, 3.05) is 16.4 Å². The topological polar surface area (TPSA) is 66.8 Å². The number of carbonyl (C=O) groups is 1. The minimum atomic E-state index is -3.04. The molecule has 0 spiro atoms. The molecule has 3 aliphatic rings. The van der Waals surface area contributed by atoms with Crippen molar-refractivity contribution in [2.24, 2.45) is 10.9 Å². The highest BCUT2D eigenvalue weighted by Crippen LogP contribution is 2.43. The quantitative estimate of drug-likeness (QED) is 0.809. The van der Waals surface area contributed by atoms with Crippen LogP contribution < -0.4 is 4.90 Å². The maximum Gasteiger partial charge on any atom is 0.251 e. The van der Waals surface area contributed by atoms with E-state index in [1.54, 1.807) is 0 Å². The molecule has 2 atom stereocenters. The number of amidine groups is 1. The summed E-state index contributed by atoms with van der Waals surface area (Å²) >= 11 is 1.46. The average molecular weight is 379 g/mol. The Morgan fingerprint density at radius 3 is 2.64 bits per heavy atom. The highest BCUT2D eigenvalue weighted by atomic mass is 32.2. The Kier molecular flexibility index (Phi) is 4.19. The van der Waals surface area contributed by atoms with Gasteiger partial charge in [0.2, 0.25) is 0 Å². The van der Waals surface area contributed by atoms with Crippen LogP contribution in [0.15, 0.2) is 29.3 Å². The van der Waals surface area contributed by atoms with Crippen LogP contribution in [0.25, 0.3) is 0 Å². The minimum Gasteiger partial charge on any atom is -0.315 e. The second kappa shape index (κ2) is 6.13. The van der Waals surface area contributed by atoms with Gasteiger partial charge in [0.05, 0.1) is 17.5 Å². The largest absolute Gasteiger partial charge is 0.315 e. The van der Waals surface area contributed by atoms with E-state index >= 15 is 0 Å². The third-order valence-corrected chi connectivity index (χ3v) is 8.23. The summed E-state index contributed by atoms with van der Waals surface area (Å²) in [6, 6.07) is 7.91. The third-order valence-electron chi connectivity index (χ3n) is 5.02. The van der Waals surface area contributed by atoms with E-state index in [2.05, 4.69) is 24.9 Å². The molecule has 3 fully saturated rings. The summed E-state index contributed by atoms with van der Waals surface area (Å²) in [5, 5.41) is 0.630. The van der Waals surface area contributed by atoms with Crippen molar-refractivity contribution in [3.05, 3.63) is 29.8 Å². The molecule has 1 saturated carbocycles. The van der Waals surface area contributed by atoms with Gasteiger partial charge in [0.15, 0.2) is 15.0 Å². The van der Waals surface area contributed by atoms with E-state index < -0.39 is 9.84 Å². The Morgan fingerprint density at radius 2 is 1.96 bits per heavy atom. The zero-order valence-electron chi connectivity index (χ0n) is 14.4.